The van der Waals surface area contributed by atoms with E-state index in [-0.39, 0.29) is 22.8 Å². The molecule has 1 atom stereocenters. The van der Waals surface area contributed by atoms with Gasteiger partial charge in [0.15, 0.2) is 0 Å². The summed E-state index contributed by atoms with van der Waals surface area (Å²) in [4.78, 5) is 17.3. The van der Waals surface area contributed by atoms with E-state index in [9.17, 15) is 17.6 Å². The lowest BCUT2D eigenvalue weighted by Crippen LogP contribution is -2.54. The fraction of sp³-hybridized carbons (Fsp3) is 0.667. The molecule has 1 unspecified atom stereocenters. The Balaban J connectivity index is 1.46. The van der Waals surface area contributed by atoms with Gasteiger partial charge in [0.2, 0.25) is 15.9 Å². The Hall–Kier alpha value is -1.55. The first-order valence-corrected chi connectivity index (χ1v) is 12.3. The van der Waals surface area contributed by atoms with Gasteiger partial charge in [-0.05, 0) is 49.9 Å². The van der Waals surface area contributed by atoms with Crippen LogP contribution < -0.4 is 0 Å². The SMILES string of the molecule is O=C(C1CC1)N(CCN1CCOCC1)C1CCCN(S(=O)(=O)c2ccc(F)cc2)C1. The van der Waals surface area contributed by atoms with Crippen molar-refractivity contribution in [2.75, 3.05) is 52.5 Å². The molecule has 9 heteroatoms. The third-order valence-electron chi connectivity index (χ3n) is 6.22. The van der Waals surface area contributed by atoms with Crippen LogP contribution in [0.5, 0.6) is 0 Å². The first-order valence-electron chi connectivity index (χ1n) is 10.8. The zero-order valence-corrected chi connectivity index (χ0v) is 18.0. The number of ether oxygens (including phenoxy) is 1. The molecule has 1 amide bonds. The van der Waals surface area contributed by atoms with E-state index in [1.165, 1.54) is 28.6 Å². The predicted molar refractivity (Wildman–Crippen MR) is 110 cm³/mol. The molecule has 1 saturated carbocycles. The minimum atomic E-state index is -3.71. The summed E-state index contributed by atoms with van der Waals surface area (Å²) in [5.74, 6) is -0.206. The zero-order valence-electron chi connectivity index (χ0n) is 17.2. The Labute approximate surface area is 177 Å². The van der Waals surface area contributed by atoms with Gasteiger partial charge in [0.1, 0.15) is 5.82 Å². The quantitative estimate of drug-likeness (QED) is 0.645. The lowest BCUT2D eigenvalue weighted by atomic mass is 10.0. The minimum Gasteiger partial charge on any atom is -0.379 e. The summed E-state index contributed by atoms with van der Waals surface area (Å²) in [6.45, 7) is 5.26. The second kappa shape index (κ2) is 9.30. The van der Waals surface area contributed by atoms with Crippen molar-refractivity contribution in [3.05, 3.63) is 30.1 Å². The Kier molecular flexibility index (Phi) is 6.72. The number of piperidine rings is 1. The number of morpholine rings is 1. The average molecular weight is 440 g/mol. The number of sulfonamides is 1. The number of nitrogens with zero attached hydrogens (tertiary/aromatic N) is 3. The highest BCUT2D eigenvalue weighted by molar-refractivity contribution is 7.89. The normalized spacial score (nSPS) is 24.0. The third-order valence-corrected chi connectivity index (χ3v) is 8.10. The van der Waals surface area contributed by atoms with Crippen LogP contribution in [-0.2, 0) is 19.6 Å². The van der Waals surface area contributed by atoms with Crippen LogP contribution in [0.2, 0.25) is 0 Å². The molecule has 4 rings (SSSR count). The van der Waals surface area contributed by atoms with E-state index in [4.69, 9.17) is 4.74 Å². The van der Waals surface area contributed by atoms with Crippen molar-refractivity contribution in [3.8, 4) is 0 Å². The van der Waals surface area contributed by atoms with E-state index in [1.807, 2.05) is 4.90 Å². The van der Waals surface area contributed by atoms with Crippen LogP contribution in [0.1, 0.15) is 25.7 Å². The van der Waals surface area contributed by atoms with E-state index in [2.05, 4.69) is 4.90 Å². The second-order valence-electron chi connectivity index (χ2n) is 8.37. The summed E-state index contributed by atoms with van der Waals surface area (Å²) in [6, 6.07) is 4.82. The van der Waals surface area contributed by atoms with E-state index < -0.39 is 15.8 Å². The maximum atomic E-state index is 13.2. The number of benzene rings is 1. The summed E-state index contributed by atoms with van der Waals surface area (Å²) >= 11 is 0. The van der Waals surface area contributed by atoms with Crippen LogP contribution in [0.3, 0.4) is 0 Å². The first-order chi connectivity index (χ1) is 14.4. The Morgan fingerprint density at radius 3 is 2.47 bits per heavy atom. The average Bonchev–Trinajstić information content (AvgIpc) is 3.60. The van der Waals surface area contributed by atoms with Crippen molar-refractivity contribution in [1.29, 1.82) is 0 Å². The smallest absolute Gasteiger partial charge is 0.243 e. The van der Waals surface area contributed by atoms with Crippen LogP contribution in [0.15, 0.2) is 29.2 Å². The molecule has 0 spiro atoms. The summed E-state index contributed by atoms with van der Waals surface area (Å²) in [7, 11) is -3.71. The predicted octanol–water partition coefficient (Wildman–Crippen LogP) is 1.55. The standard InChI is InChI=1S/C21H30FN3O4S/c22-18-5-7-20(8-6-18)30(27,28)24-9-1-2-19(16-24)25(21(26)17-3-4-17)11-10-23-12-14-29-15-13-23/h5-8,17,19H,1-4,9-16H2. The molecule has 30 heavy (non-hydrogen) atoms. The maximum absolute atomic E-state index is 13.2. The number of rotatable bonds is 7. The Bertz CT molecular complexity index is 838. The number of halogens is 1. The molecule has 3 fully saturated rings. The van der Waals surface area contributed by atoms with Crippen molar-refractivity contribution in [2.24, 2.45) is 5.92 Å². The lowest BCUT2D eigenvalue weighted by Gasteiger charge is -2.40. The highest BCUT2D eigenvalue weighted by Crippen LogP contribution is 2.33. The number of hydrogen-bond donors (Lipinski definition) is 0. The highest BCUT2D eigenvalue weighted by Gasteiger charge is 2.39. The van der Waals surface area contributed by atoms with Crippen LogP contribution >= 0.6 is 0 Å². The summed E-state index contributed by atoms with van der Waals surface area (Å²) in [5.41, 5.74) is 0. The zero-order chi connectivity index (χ0) is 21.1. The van der Waals surface area contributed by atoms with Gasteiger partial charge in [0.25, 0.3) is 0 Å². The molecule has 2 heterocycles. The highest BCUT2D eigenvalue weighted by atomic mass is 32.2. The summed E-state index contributed by atoms with van der Waals surface area (Å²) in [6.07, 6.45) is 3.36. The van der Waals surface area contributed by atoms with Gasteiger partial charge in [0.05, 0.1) is 18.1 Å². The molecule has 3 aliphatic rings. The van der Waals surface area contributed by atoms with Crippen LogP contribution in [-0.4, -0.2) is 87.0 Å². The van der Waals surface area contributed by atoms with Gasteiger partial charge >= 0.3 is 0 Å². The Morgan fingerprint density at radius 1 is 1.10 bits per heavy atom. The number of carbonyl (C=O) groups excluding carboxylic acids is 1. The molecule has 0 N–H and O–H groups in total. The van der Waals surface area contributed by atoms with Crippen LogP contribution in [0.4, 0.5) is 4.39 Å². The van der Waals surface area contributed by atoms with Gasteiger partial charge in [-0.2, -0.15) is 4.31 Å². The van der Waals surface area contributed by atoms with Crippen molar-refractivity contribution in [3.63, 3.8) is 0 Å². The van der Waals surface area contributed by atoms with Gasteiger partial charge in [-0.25, -0.2) is 12.8 Å². The molecule has 1 aromatic rings. The molecule has 0 radical (unpaired) electrons. The Morgan fingerprint density at radius 2 is 1.80 bits per heavy atom. The fourth-order valence-electron chi connectivity index (χ4n) is 4.26. The fourth-order valence-corrected chi connectivity index (χ4v) is 5.78. The molecule has 0 aromatic heterocycles. The lowest BCUT2D eigenvalue weighted by molar-refractivity contribution is -0.136. The van der Waals surface area contributed by atoms with Gasteiger partial charge in [-0.15, -0.1) is 0 Å². The van der Waals surface area contributed by atoms with E-state index in [0.29, 0.717) is 39.3 Å². The van der Waals surface area contributed by atoms with Crippen molar-refractivity contribution >= 4 is 15.9 Å². The number of amides is 1. The number of carbonyl (C=O) groups is 1. The van der Waals surface area contributed by atoms with E-state index in [0.717, 1.165) is 38.9 Å². The molecule has 2 saturated heterocycles. The monoisotopic (exact) mass is 439 g/mol. The van der Waals surface area contributed by atoms with Crippen molar-refractivity contribution in [2.45, 2.75) is 36.6 Å². The van der Waals surface area contributed by atoms with Gasteiger partial charge < -0.3 is 9.64 Å². The van der Waals surface area contributed by atoms with E-state index in [1.54, 1.807) is 0 Å². The molecule has 1 aromatic carbocycles. The van der Waals surface area contributed by atoms with Gasteiger partial charge in [-0.3, -0.25) is 9.69 Å². The largest absolute Gasteiger partial charge is 0.379 e. The summed E-state index contributed by atoms with van der Waals surface area (Å²) in [5, 5.41) is 0. The third kappa shape index (κ3) is 5.01. The van der Waals surface area contributed by atoms with Crippen LogP contribution in [0.25, 0.3) is 0 Å². The maximum Gasteiger partial charge on any atom is 0.243 e. The molecule has 2 aliphatic heterocycles. The number of hydrogen-bond acceptors (Lipinski definition) is 5. The first kappa shape index (κ1) is 21.7. The van der Waals surface area contributed by atoms with Crippen molar-refractivity contribution in [1.82, 2.24) is 14.1 Å². The van der Waals surface area contributed by atoms with E-state index >= 15 is 0 Å². The molecule has 1 aliphatic carbocycles. The van der Waals surface area contributed by atoms with Gasteiger partial charge in [-0.1, -0.05) is 0 Å². The topological polar surface area (TPSA) is 70.2 Å². The summed E-state index contributed by atoms with van der Waals surface area (Å²) < 4.78 is 46.2. The molecular formula is C21H30FN3O4S. The minimum absolute atomic E-state index is 0.0953. The second-order valence-corrected chi connectivity index (χ2v) is 10.3. The van der Waals surface area contributed by atoms with Gasteiger partial charge in [0, 0.05) is 51.2 Å². The molecule has 7 nitrogen and oxygen atoms in total. The van der Waals surface area contributed by atoms with Crippen molar-refractivity contribution < 1.29 is 22.3 Å². The molecule has 0 bridgehead atoms. The molecule has 166 valence electrons. The van der Waals surface area contributed by atoms with Crippen LogP contribution in [0, 0.1) is 11.7 Å². The molecular weight excluding hydrogens is 409 g/mol.